The van der Waals surface area contributed by atoms with Crippen molar-refractivity contribution in [2.75, 3.05) is 0 Å². The normalized spacial score (nSPS) is 10.5. The summed E-state index contributed by atoms with van der Waals surface area (Å²) in [5.74, 6) is 0. The Kier molecular flexibility index (Phi) is 5.15. The third-order valence-corrected chi connectivity index (χ3v) is 4.86. The van der Waals surface area contributed by atoms with Crippen LogP contribution in [0.3, 0.4) is 0 Å². The molecule has 0 aliphatic rings. The van der Waals surface area contributed by atoms with Gasteiger partial charge in [0.15, 0.2) is 0 Å². The molecule has 0 unspecified atom stereocenters. The predicted molar refractivity (Wildman–Crippen MR) is 101 cm³/mol. The summed E-state index contributed by atoms with van der Waals surface area (Å²) in [6.45, 7) is 0.132. The van der Waals surface area contributed by atoms with Gasteiger partial charge in [-0.15, -0.1) is 0 Å². The highest BCUT2D eigenvalue weighted by Gasteiger charge is 2.15. The molecule has 0 aliphatic heterocycles. The average Bonchev–Trinajstić information content (AvgIpc) is 2.60. The van der Waals surface area contributed by atoms with E-state index in [-0.39, 0.29) is 12.1 Å². The topological polar surface area (TPSA) is 45.8 Å². The summed E-state index contributed by atoms with van der Waals surface area (Å²) in [6, 6.07) is 17.4. The second kappa shape index (κ2) is 7.33. The van der Waals surface area contributed by atoms with Crippen LogP contribution in [-0.4, -0.2) is 4.57 Å². The number of nitrogens with zero attached hydrogens (tertiary/aromatic N) is 2. The lowest BCUT2D eigenvalue weighted by Gasteiger charge is -2.16. The van der Waals surface area contributed by atoms with Crippen LogP contribution in [0.4, 0.5) is 0 Å². The van der Waals surface area contributed by atoms with Crippen LogP contribution in [0.25, 0.3) is 11.3 Å². The monoisotopic (exact) mass is 388 g/mol. The van der Waals surface area contributed by atoms with Crippen LogP contribution in [0.15, 0.2) is 59.4 Å². The first-order valence-corrected chi connectivity index (χ1v) is 8.48. The number of rotatable bonds is 3. The zero-order valence-electron chi connectivity index (χ0n) is 12.8. The van der Waals surface area contributed by atoms with Gasteiger partial charge in [-0.2, -0.15) is 5.26 Å². The van der Waals surface area contributed by atoms with Crippen LogP contribution in [-0.2, 0) is 6.54 Å². The van der Waals surface area contributed by atoms with Crippen molar-refractivity contribution in [1.29, 1.82) is 5.26 Å². The standard InChI is InChI=1S/C19H11Cl3N2O/c20-15-5-2-1-4-13(15)18-9-8-12(10-23)19(25)24(18)11-14-16(21)6-3-7-17(14)22/h1-9H,11H2. The van der Waals surface area contributed by atoms with Crippen LogP contribution in [0.2, 0.25) is 15.1 Å². The Morgan fingerprint density at radius 3 is 2.16 bits per heavy atom. The fourth-order valence-corrected chi connectivity index (χ4v) is 3.32. The molecule has 3 nitrogen and oxygen atoms in total. The quantitative estimate of drug-likeness (QED) is 0.602. The molecule has 3 rings (SSSR count). The van der Waals surface area contributed by atoms with Gasteiger partial charge in [0.1, 0.15) is 11.6 Å². The summed E-state index contributed by atoms with van der Waals surface area (Å²) < 4.78 is 1.47. The average molecular weight is 390 g/mol. The summed E-state index contributed by atoms with van der Waals surface area (Å²) in [5.41, 5.74) is 1.51. The molecule has 0 saturated heterocycles. The van der Waals surface area contributed by atoms with Crippen molar-refractivity contribution in [2.45, 2.75) is 6.54 Å². The van der Waals surface area contributed by atoms with E-state index in [1.807, 2.05) is 24.3 Å². The molecule has 0 bridgehead atoms. The number of halogens is 3. The minimum atomic E-state index is -0.420. The zero-order chi connectivity index (χ0) is 18.0. The number of nitriles is 1. The van der Waals surface area contributed by atoms with E-state index < -0.39 is 5.56 Å². The molecule has 2 aromatic carbocycles. The molecule has 0 aliphatic carbocycles. The van der Waals surface area contributed by atoms with E-state index >= 15 is 0 Å². The molecule has 0 radical (unpaired) electrons. The molecule has 3 aromatic rings. The van der Waals surface area contributed by atoms with Gasteiger partial charge in [0.25, 0.3) is 5.56 Å². The van der Waals surface area contributed by atoms with E-state index in [9.17, 15) is 10.1 Å². The molecule has 124 valence electrons. The van der Waals surface area contributed by atoms with E-state index in [1.165, 1.54) is 10.6 Å². The van der Waals surface area contributed by atoms with E-state index in [0.29, 0.717) is 31.9 Å². The Morgan fingerprint density at radius 1 is 0.880 bits per heavy atom. The van der Waals surface area contributed by atoms with Crippen molar-refractivity contribution >= 4 is 34.8 Å². The Bertz CT molecular complexity index is 1030. The molecule has 1 aromatic heterocycles. The summed E-state index contributed by atoms with van der Waals surface area (Å²) in [6.07, 6.45) is 0. The molecule has 25 heavy (non-hydrogen) atoms. The summed E-state index contributed by atoms with van der Waals surface area (Å²) in [5, 5.41) is 10.6. The molecule has 0 amide bonds. The maximum atomic E-state index is 12.7. The van der Waals surface area contributed by atoms with Gasteiger partial charge in [0, 0.05) is 26.2 Å². The maximum absolute atomic E-state index is 12.7. The number of aromatic nitrogens is 1. The van der Waals surface area contributed by atoms with E-state index in [1.54, 1.807) is 30.3 Å². The van der Waals surface area contributed by atoms with Crippen LogP contribution >= 0.6 is 34.8 Å². The molecule has 6 heteroatoms. The minimum Gasteiger partial charge on any atom is -0.303 e. The van der Waals surface area contributed by atoms with Crippen LogP contribution in [0, 0.1) is 11.3 Å². The number of hydrogen-bond acceptors (Lipinski definition) is 2. The van der Waals surface area contributed by atoms with E-state index in [4.69, 9.17) is 34.8 Å². The number of benzene rings is 2. The Labute approximate surface area is 159 Å². The largest absolute Gasteiger partial charge is 0.303 e. The molecule has 0 spiro atoms. The second-order valence-electron chi connectivity index (χ2n) is 5.32. The van der Waals surface area contributed by atoms with Crippen LogP contribution < -0.4 is 5.56 Å². The fourth-order valence-electron chi connectivity index (χ4n) is 2.57. The Balaban J connectivity index is 2.26. The lowest BCUT2D eigenvalue weighted by atomic mass is 10.1. The molecular weight excluding hydrogens is 379 g/mol. The molecular formula is C19H11Cl3N2O. The van der Waals surface area contributed by atoms with Crippen LogP contribution in [0.5, 0.6) is 0 Å². The van der Waals surface area contributed by atoms with Crippen molar-refractivity contribution in [1.82, 2.24) is 4.57 Å². The third kappa shape index (κ3) is 3.43. The molecule has 0 fully saturated rings. The first-order chi connectivity index (χ1) is 12.0. The van der Waals surface area contributed by atoms with Gasteiger partial charge < -0.3 is 4.57 Å². The van der Waals surface area contributed by atoms with Gasteiger partial charge in [-0.1, -0.05) is 59.1 Å². The van der Waals surface area contributed by atoms with Crippen molar-refractivity contribution in [2.24, 2.45) is 0 Å². The molecule has 0 N–H and O–H groups in total. The lowest BCUT2D eigenvalue weighted by molar-refractivity contribution is 0.766. The molecule has 0 atom stereocenters. The number of hydrogen-bond donors (Lipinski definition) is 0. The van der Waals surface area contributed by atoms with Gasteiger partial charge in [-0.25, -0.2) is 0 Å². The van der Waals surface area contributed by atoms with Gasteiger partial charge in [-0.3, -0.25) is 4.79 Å². The first-order valence-electron chi connectivity index (χ1n) is 7.34. The summed E-state index contributed by atoms with van der Waals surface area (Å²) in [7, 11) is 0. The number of pyridine rings is 1. The molecule has 1 heterocycles. The van der Waals surface area contributed by atoms with Crippen molar-refractivity contribution in [3.63, 3.8) is 0 Å². The Hall–Kier alpha value is -2.25. The highest BCUT2D eigenvalue weighted by molar-refractivity contribution is 6.36. The second-order valence-corrected chi connectivity index (χ2v) is 6.54. The van der Waals surface area contributed by atoms with Crippen molar-refractivity contribution < 1.29 is 0 Å². The maximum Gasteiger partial charge on any atom is 0.269 e. The minimum absolute atomic E-state index is 0.0407. The highest BCUT2D eigenvalue weighted by Crippen LogP contribution is 2.30. The Morgan fingerprint density at radius 2 is 1.52 bits per heavy atom. The van der Waals surface area contributed by atoms with Crippen molar-refractivity contribution in [3.05, 3.63) is 91.1 Å². The van der Waals surface area contributed by atoms with E-state index in [2.05, 4.69) is 0 Å². The van der Waals surface area contributed by atoms with Gasteiger partial charge in [0.05, 0.1) is 12.2 Å². The zero-order valence-corrected chi connectivity index (χ0v) is 15.1. The smallest absolute Gasteiger partial charge is 0.269 e. The predicted octanol–water partition coefficient (Wildman–Crippen LogP) is 5.40. The third-order valence-electron chi connectivity index (χ3n) is 3.82. The SMILES string of the molecule is N#Cc1ccc(-c2ccccc2Cl)n(Cc2c(Cl)cccc2Cl)c1=O. The van der Waals surface area contributed by atoms with Gasteiger partial charge >= 0.3 is 0 Å². The summed E-state index contributed by atoms with van der Waals surface area (Å²) >= 11 is 18.8. The van der Waals surface area contributed by atoms with Crippen molar-refractivity contribution in [3.8, 4) is 17.3 Å². The van der Waals surface area contributed by atoms with Gasteiger partial charge in [-0.05, 0) is 30.3 Å². The first kappa shape index (κ1) is 17.6. The summed E-state index contributed by atoms with van der Waals surface area (Å²) in [4.78, 5) is 12.7. The highest BCUT2D eigenvalue weighted by atomic mass is 35.5. The van der Waals surface area contributed by atoms with Gasteiger partial charge in [0.2, 0.25) is 0 Å². The lowest BCUT2D eigenvalue weighted by Crippen LogP contribution is -2.25. The molecule has 0 saturated carbocycles. The van der Waals surface area contributed by atoms with E-state index in [0.717, 1.165) is 0 Å². The fraction of sp³-hybridized carbons (Fsp3) is 0.0526. The van der Waals surface area contributed by atoms with Crippen LogP contribution in [0.1, 0.15) is 11.1 Å².